The lowest BCUT2D eigenvalue weighted by Crippen LogP contribution is -2.57. The van der Waals surface area contributed by atoms with E-state index in [0.717, 1.165) is 0 Å². The molecule has 0 saturated heterocycles. The van der Waals surface area contributed by atoms with E-state index in [1.54, 1.807) is 0 Å². The van der Waals surface area contributed by atoms with Crippen molar-refractivity contribution in [2.45, 2.75) is 57.3 Å². The highest BCUT2D eigenvalue weighted by Gasteiger charge is 2.30. The number of carbonyl (C=O) groups excluding carboxylic acids is 3. The molecule has 0 heterocycles. The van der Waals surface area contributed by atoms with E-state index in [-0.39, 0.29) is 18.1 Å². The van der Waals surface area contributed by atoms with Gasteiger partial charge in [0.1, 0.15) is 18.1 Å². The van der Waals surface area contributed by atoms with Gasteiger partial charge >= 0.3 is 5.97 Å². The lowest BCUT2D eigenvalue weighted by atomic mass is 10.0. The van der Waals surface area contributed by atoms with Gasteiger partial charge in [-0.15, -0.1) is 0 Å². The van der Waals surface area contributed by atoms with Crippen molar-refractivity contribution in [1.29, 1.82) is 0 Å². The van der Waals surface area contributed by atoms with E-state index in [4.69, 9.17) is 5.73 Å². The first kappa shape index (κ1) is 29.9. The van der Waals surface area contributed by atoms with E-state index in [1.165, 1.54) is 23.5 Å². The molecule has 0 bridgehead atoms. The number of carboxylic acids is 1. The third-order valence-electron chi connectivity index (χ3n) is 4.34. The van der Waals surface area contributed by atoms with Gasteiger partial charge < -0.3 is 26.8 Å². The number of rotatable bonds is 16. The van der Waals surface area contributed by atoms with Crippen molar-refractivity contribution in [3.05, 3.63) is 0 Å². The van der Waals surface area contributed by atoms with Crippen molar-refractivity contribution < 1.29 is 24.3 Å². The molecule has 9 nitrogen and oxygen atoms in total. The summed E-state index contributed by atoms with van der Waals surface area (Å²) in [5, 5.41) is 17.2. The van der Waals surface area contributed by atoms with E-state index in [0.29, 0.717) is 24.3 Å². The number of hydrogen-bond donors (Lipinski definition) is 6. The minimum absolute atomic E-state index is 0.0716. The molecule has 0 fully saturated rings. The Hall–Kier alpha value is -1.11. The quantitative estimate of drug-likeness (QED) is 0.167. The van der Waals surface area contributed by atoms with Gasteiger partial charge in [-0.05, 0) is 49.2 Å². The van der Waals surface area contributed by atoms with Crippen LogP contribution in [0.4, 0.5) is 0 Å². The van der Waals surface area contributed by atoms with Gasteiger partial charge in [0.05, 0.1) is 6.04 Å². The zero-order valence-electron chi connectivity index (χ0n) is 18.6. The summed E-state index contributed by atoms with van der Waals surface area (Å²) in [7, 11) is 0. The fourth-order valence-electron chi connectivity index (χ4n) is 2.61. The monoisotopic (exact) mass is 496 g/mol. The Labute approximate surface area is 198 Å². The molecule has 0 aromatic carbocycles. The first-order valence-electron chi connectivity index (χ1n) is 10.1. The minimum atomic E-state index is -1.12. The molecule has 12 heteroatoms. The Morgan fingerprint density at radius 3 is 1.77 bits per heavy atom. The van der Waals surface area contributed by atoms with Crippen LogP contribution < -0.4 is 21.7 Å². The minimum Gasteiger partial charge on any atom is -0.480 e. The van der Waals surface area contributed by atoms with Crippen LogP contribution in [0.25, 0.3) is 0 Å². The molecule has 0 radical (unpaired) electrons. The van der Waals surface area contributed by atoms with Gasteiger partial charge in [0.25, 0.3) is 0 Å². The fraction of sp³-hybridized carbons (Fsp3) is 0.789. The summed E-state index contributed by atoms with van der Waals surface area (Å²) in [6, 6.07) is -3.67. The van der Waals surface area contributed by atoms with Crippen LogP contribution >= 0.6 is 36.2 Å². The smallest absolute Gasteiger partial charge is 0.326 e. The summed E-state index contributed by atoms with van der Waals surface area (Å²) in [6.45, 7) is 3.79. The van der Waals surface area contributed by atoms with Crippen molar-refractivity contribution in [2.24, 2.45) is 11.7 Å². The van der Waals surface area contributed by atoms with Crippen molar-refractivity contribution >= 4 is 59.8 Å². The first-order valence-corrected chi connectivity index (χ1v) is 13.5. The molecule has 31 heavy (non-hydrogen) atoms. The van der Waals surface area contributed by atoms with Crippen LogP contribution in [-0.4, -0.2) is 82.7 Å². The number of nitrogens with two attached hydrogens (primary N) is 1. The van der Waals surface area contributed by atoms with Gasteiger partial charge in [-0.2, -0.15) is 36.2 Å². The highest BCUT2D eigenvalue weighted by molar-refractivity contribution is 7.98. The zero-order chi connectivity index (χ0) is 24.0. The van der Waals surface area contributed by atoms with E-state index in [9.17, 15) is 24.3 Å². The number of hydrogen-bond acceptors (Lipinski definition) is 8. The van der Waals surface area contributed by atoms with Crippen LogP contribution in [0.2, 0.25) is 0 Å². The largest absolute Gasteiger partial charge is 0.480 e. The van der Waals surface area contributed by atoms with Gasteiger partial charge in [-0.3, -0.25) is 14.4 Å². The van der Waals surface area contributed by atoms with Gasteiger partial charge in [-0.1, -0.05) is 13.8 Å². The molecular formula is C19H36N4O5S3. The van der Waals surface area contributed by atoms with Crippen molar-refractivity contribution in [2.75, 3.05) is 29.8 Å². The summed E-state index contributed by atoms with van der Waals surface area (Å²) in [5.41, 5.74) is 5.69. The average Bonchev–Trinajstić information content (AvgIpc) is 2.71. The number of carbonyl (C=O) groups is 4. The maximum Gasteiger partial charge on any atom is 0.326 e. The Morgan fingerprint density at radius 2 is 1.32 bits per heavy atom. The maximum atomic E-state index is 12.9. The lowest BCUT2D eigenvalue weighted by molar-refractivity contribution is -0.142. The van der Waals surface area contributed by atoms with Gasteiger partial charge in [0, 0.05) is 5.75 Å². The number of carboxylic acid groups (broad SMARTS) is 1. The molecule has 0 spiro atoms. The second kappa shape index (κ2) is 16.5. The average molecular weight is 497 g/mol. The Kier molecular flexibility index (Phi) is 15.9. The Morgan fingerprint density at radius 1 is 0.871 bits per heavy atom. The molecule has 0 aliphatic carbocycles. The maximum absolute atomic E-state index is 12.9. The molecule has 0 aromatic heterocycles. The molecule has 0 aliphatic rings. The number of nitrogens with one attached hydrogen (secondary N) is 3. The topological polar surface area (TPSA) is 151 Å². The summed E-state index contributed by atoms with van der Waals surface area (Å²) in [6.07, 6.45) is 4.70. The molecule has 0 rings (SSSR count). The number of thiol groups is 1. The van der Waals surface area contributed by atoms with Crippen molar-refractivity contribution in [1.82, 2.24) is 16.0 Å². The number of amides is 3. The first-order chi connectivity index (χ1) is 14.6. The zero-order valence-corrected chi connectivity index (χ0v) is 21.1. The van der Waals surface area contributed by atoms with Crippen molar-refractivity contribution in [3.8, 4) is 0 Å². The molecule has 4 unspecified atom stereocenters. The van der Waals surface area contributed by atoms with E-state index >= 15 is 0 Å². The second-order valence-electron chi connectivity index (χ2n) is 7.50. The third kappa shape index (κ3) is 12.5. The number of thioether (sulfide) groups is 2. The predicted octanol–water partition coefficient (Wildman–Crippen LogP) is 0.335. The van der Waals surface area contributed by atoms with Gasteiger partial charge in [-0.25, -0.2) is 4.79 Å². The molecular weight excluding hydrogens is 460 g/mol. The van der Waals surface area contributed by atoms with Crippen LogP contribution in [-0.2, 0) is 19.2 Å². The Bertz CT molecular complexity index is 595. The molecule has 3 amide bonds. The molecule has 4 atom stereocenters. The van der Waals surface area contributed by atoms with Crippen LogP contribution in [0.15, 0.2) is 0 Å². The van der Waals surface area contributed by atoms with Gasteiger partial charge in [0.2, 0.25) is 17.7 Å². The molecule has 0 aromatic rings. The lowest BCUT2D eigenvalue weighted by Gasteiger charge is -2.26. The third-order valence-corrected chi connectivity index (χ3v) is 6.02. The van der Waals surface area contributed by atoms with Crippen LogP contribution in [0.1, 0.15) is 33.1 Å². The van der Waals surface area contributed by atoms with E-state index < -0.39 is 47.9 Å². The standard InChI is InChI=1S/C19H36N4O5S3/c1-11(2)9-15(18(26)22-14(19(27)28)6-8-31-4)23-17(25)13(5-7-30-3)21-16(24)12(20)10-29/h11-15,29H,5-10,20H2,1-4H3,(H,21,24)(H,22,26)(H,23,25)(H,27,28). The summed E-state index contributed by atoms with van der Waals surface area (Å²) < 4.78 is 0. The summed E-state index contributed by atoms with van der Waals surface area (Å²) >= 11 is 7.00. The molecule has 0 saturated carbocycles. The van der Waals surface area contributed by atoms with Crippen molar-refractivity contribution in [3.63, 3.8) is 0 Å². The fourth-order valence-corrected chi connectivity index (χ4v) is 3.72. The summed E-state index contributed by atoms with van der Waals surface area (Å²) in [5.74, 6) is -1.29. The second-order valence-corrected chi connectivity index (χ2v) is 9.84. The normalized spacial score (nSPS) is 14.9. The van der Waals surface area contributed by atoms with E-state index in [2.05, 4.69) is 28.6 Å². The highest BCUT2D eigenvalue weighted by Crippen LogP contribution is 2.09. The SMILES string of the molecule is CSCCC(NC(=O)C(CC(C)C)NC(=O)C(CCSC)NC(=O)C(N)CS)C(=O)O. The molecule has 180 valence electrons. The molecule has 6 N–H and O–H groups in total. The van der Waals surface area contributed by atoms with Crippen LogP contribution in [0.5, 0.6) is 0 Å². The van der Waals surface area contributed by atoms with Crippen LogP contribution in [0.3, 0.4) is 0 Å². The predicted molar refractivity (Wildman–Crippen MR) is 131 cm³/mol. The van der Waals surface area contributed by atoms with Crippen LogP contribution in [0, 0.1) is 5.92 Å². The van der Waals surface area contributed by atoms with E-state index in [1.807, 2.05) is 26.4 Å². The summed E-state index contributed by atoms with van der Waals surface area (Å²) in [4.78, 5) is 49.3. The molecule has 0 aliphatic heterocycles. The van der Waals surface area contributed by atoms with Gasteiger partial charge in [0.15, 0.2) is 0 Å². The number of aliphatic carboxylic acids is 1. The highest BCUT2D eigenvalue weighted by atomic mass is 32.2. The Balaban J connectivity index is 5.36.